The molecule has 1 amide bonds. The monoisotopic (exact) mass is 444 g/mol. The van der Waals surface area contributed by atoms with E-state index < -0.39 is 48.7 Å². The lowest BCUT2D eigenvalue weighted by molar-refractivity contribution is -0.271. The zero-order valence-corrected chi connectivity index (χ0v) is 16.4. The molecule has 0 spiro atoms. The third kappa shape index (κ3) is 6.50. The molecule has 1 heterocycles. The number of carboxylic acid groups (broad SMARTS) is 2. The van der Waals surface area contributed by atoms with E-state index in [1.165, 1.54) is 18.2 Å². The van der Waals surface area contributed by atoms with E-state index in [2.05, 4.69) is 15.4 Å². The van der Waals surface area contributed by atoms with Gasteiger partial charge in [0.2, 0.25) is 12.2 Å². The number of amides is 1. The number of carbonyl (C=O) groups is 3. The number of hydrogen-bond acceptors (Lipinski definition) is 10. The Morgan fingerprint density at radius 1 is 1.10 bits per heavy atom. The molecule has 0 bridgehead atoms. The number of ether oxygens (including phenoxy) is 3. The number of aliphatic hydroxyl groups excluding tert-OH is 3. The van der Waals surface area contributed by atoms with Crippen molar-refractivity contribution in [3.05, 3.63) is 23.8 Å². The number of rotatable bonds is 9. The van der Waals surface area contributed by atoms with Gasteiger partial charge in [-0.1, -0.05) is 6.07 Å². The Morgan fingerprint density at radius 3 is 2.42 bits per heavy atom. The molecular weight excluding hydrogens is 420 g/mol. The first-order chi connectivity index (χ1) is 14.6. The molecule has 0 aliphatic carbocycles. The third-order valence-electron chi connectivity index (χ3n) is 4.34. The summed E-state index contributed by atoms with van der Waals surface area (Å²) in [4.78, 5) is 34.0. The van der Waals surface area contributed by atoms with Crippen molar-refractivity contribution in [2.45, 2.75) is 43.7 Å². The van der Waals surface area contributed by atoms with Gasteiger partial charge in [-0.3, -0.25) is 4.79 Å². The highest BCUT2D eigenvalue weighted by Crippen LogP contribution is 2.31. The van der Waals surface area contributed by atoms with Crippen LogP contribution in [0.15, 0.2) is 18.2 Å². The number of nitrogens with one attached hydrogen (secondary N) is 2. The Hall–Kier alpha value is -2.97. The molecule has 0 radical (unpaired) electrons. The van der Waals surface area contributed by atoms with Gasteiger partial charge in [0.15, 0.2) is 6.10 Å². The number of carbonyl (C=O) groups excluding carboxylic acids is 1. The van der Waals surface area contributed by atoms with Crippen molar-refractivity contribution < 1.29 is 54.1 Å². The van der Waals surface area contributed by atoms with E-state index in [9.17, 15) is 29.7 Å². The van der Waals surface area contributed by atoms with Crippen molar-refractivity contribution in [1.29, 1.82) is 0 Å². The Kier molecular flexibility index (Phi) is 8.53. The minimum atomic E-state index is -1.89. The SMILES string of the molecule is CNCCC(=O)Nc1cc(COC(=O)O)ccc1OC1OC(C(=O)O)C(O)C(O)C1O. The summed E-state index contributed by atoms with van der Waals surface area (Å²) in [6.07, 6.45) is -10.5. The largest absolute Gasteiger partial charge is 0.506 e. The fourth-order valence-corrected chi connectivity index (χ4v) is 2.74. The van der Waals surface area contributed by atoms with Gasteiger partial charge in [-0.2, -0.15) is 0 Å². The minimum Gasteiger partial charge on any atom is -0.479 e. The maximum atomic E-state index is 12.1. The van der Waals surface area contributed by atoms with Crippen molar-refractivity contribution in [1.82, 2.24) is 5.32 Å². The van der Waals surface area contributed by atoms with E-state index in [0.717, 1.165) is 0 Å². The van der Waals surface area contributed by atoms with Crippen LogP contribution in [0.5, 0.6) is 5.75 Å². The Bertz CT molecular complexity index is 803. The van der Waals surface area contributed by atoms with Gasteiger partial charge in [0, 0.05) is 13.0 Å². The molecule has 172 valence electrons. The van der Waals surface area contributed by atoms with E-state index >= 15 is 0 Å². The van der Waals surface area contributed by atoms with Crippen LogP contribution in [0.1, 0.15) is 12.0 Å². The van der Waals surface area contributed by atoms with Gasteiger partial charge in [-0.15, -0.1) is 0 Å². The molecule has 1 aliphatic heterocycles. The zero-order valence-electron chi connectivity index (χ0n) is 16.4. The van der Waals surface area contributed by atoms with Gasteiger partial charge >= 0.3 is 12.1 Å². The molecule has 13 heteroatoms. The van der Waals surface area contributed by atoms with Crippen LogP contribution < -0.4 is 15.4 Å². The Balaban J connectivity index is 2.26. The van der Waals surface area contributed by atoms with Crippen molar-refractivity contribution in [2.24, 2.45) is 0 Å². The predicted molar refractivity (Wildman–Crippen MR) is 101 cm³/mol. The van der Waals surface area contributed by atoms with Crippen LogP contribution in [0.25, 0.3) is 0 Å². The molecule has 2 rings (SSSR count). The van der Waals surface area contributed by atoms with Crippen molar-refractivity contribution in [3.8, 4) is 5.75 Å². The van der Waals surface area contributed by atoms with Crippen molar-refractivity contribution in [2.75, 3.05) is 18.9 Å². The quantitative estimate of drug-likeness (QED) is 0.222. The second-order valence-electron chi connectivity index (χ2n) is 6.64. The lowest BCUT2D eigenvalue weighted by Gasteiger charge is -2.38. The molecule has 13 nitrogen and oxygen atoms in total. The molecule has 1 aliphatic rings. The second-order valence-corrected chi connectivity index (χ2v) is 6.64. The molecule has 0 aromatic heterocycles. The van der Waals surface area contributed by atoms with Crippen LogP contribution in [0.3, 0.4) is 0 Å². The van der Waals surface area contributed by atoms with Crippen LogP contribution in [0.4, 0.5) is 10.5 Å². The zero-order chi connectivity index (χ0) is 23.1. The van der Waals surface area contributed by atoms with Crippen LogP contribution in [0.2, 0.25) is 0 Å². The van der Waals surface area contributed by atoms with Gasteiger partial charge in [0.1, 0.15) is 30.7 Å². The average Bonchev–Trinajstić information content (AvgIpc) is 2.72. The molecule has 31 heavy (non-hydrogen) atoms. The molecule has 5 atom stereocenters. The van der Waals surface area contributed by atoms with Gasteiger partial charge in [-0.25, -0.2) is 9.59 Å². The summed E-state index contributed by atoms with van der Waals surface area (Å²) >= 11 is 0. The Labute approximate surface area is 176 Å². The van der Waals surface area contributed by atoms with Crippen molar-refractivity contribution in [3.63, 3.8) is 0 Å². The molecule has 0 saturated carbocycles. The van der Waals surface area contributed by atoms with E-state index in [0.29, 0.717) is 12.1 Å². The van der Waals surface area contributed by atoms with Gasteiger partial charge in [0.25, 0.3) is 0 Å². The molecule has 1 fully saturated rings. The normalized spacial score (nSPS) is 25.5. The van der Waals surface area contributed by atoms with E-state index in [1.807, 2.05) is 0 Å². The lowest BCUT2D eigenvalue weighted by atomic mass is 9.99. The molecule has 5 unspecified atom stereocenters. The highest BCUT2D eigenvalue weighted by atomic mass is 16.7. The number of aliphatic carboxylic acids is 1. The fraction of sp³-hybridized carbons (Fsp3) is 0.500. The van der Waals surface area contributed by atoms with Crippen molar-refractivity contribution >= 4 is 23.7 Å². The molecule has 1 aromatic rings. The van der Waals surface area contributed by atoms with Gasteiger partial charge in [-0.05, 0) is 24.7 Å². The summed E-state index contributed by atoms with van der Waals surface area (Å²) in [5, 5.41) is 52.9. The number of benzene rings is 1. The smallest absolute Gasteiger partial charge is 0.479 e. The average molecular weight is 444 g/mol. The van der Waals surface area contributed by atoms with E-state index in [4.69, 9.17) is 19.7 Å². The summed E-state index contributed by atoms with van der Waals surface area (Å²) in [7, 11) is 1.66. The standard InChI is InChI=1S/C18H24N2O11/c1-19-5-4-11(21)20-9-6-8(7-29-18(27)28)2-3-10(9)30-17-14(24)12(22)13(23)15(31-17)16(25)26/h2-3,6,12-15,17,19,22-24H,4-5,7H2,1H3,(H,20,21)(H,25,26)(H,27,28). The number of hydrogen-bond donors (Lipinski definition) is 7. The summed E-state index contributed by atoms with van der Waals surface area (Å²) in [5.41, 5.74) is 0.429. The first kappa shape index (κ1) is 24.3. The lowest BCUT2D eigenvalue weighted by Crippen LogP contribution is -2.61. The number of carboxylic acids is 1. The van der Waals surface area contributed by atoms with Gasteiger partial charge in [0.05, 0.1) is 5.69 Å². The summed E-state index contributed by atoms with van der Waals surface area (Å²) in [6, 6.07) is 4.10. The van der Waals surface area contributed by atoms with Crippen LogP contribution in [-0.2, 0) is 25.7 Å². The maximum absolute atomic E-state index is 12.1. The van der Waals surface area contributed by atoms with E-state index in [1.54, 1.807) is 7.05 Å². The summed E-state index contributed by atoms with van der Waals surface area (Å²) < 4.78 is 15.1. The summed E-state index contributed by atoms with van der Waals surface area (Å²) in [6.45, 7) is 0.0577. The maximum Gasteiger partial charge on any atom is 0.506 e. The fourth-order valence-electron chi connectivity index (χ4n) is 2.74. The highest BCUT2D eigenvalue weighted by Gasteiger charge is 2.48. The Morgan fingerprint density at radius 2 is 1.81 bits per heavy atom. The van der Waals surface area contributed by atoms with Crippen LogP contribution >= 0.6 is 0 Å². The topological polar surface area (TPSA) is 204 Å². The molecular formula is C18H24N2O11. The predicted octanol–water partition coefficient (Wildman–Crippen LogP) is -1.30. The number of aliphatic hydroxyl groups is 3. The first-order valence-corrected chi connectivity index (χ1v) is 9.16. The molecule has 1 saturated heterocycles. The second kappa shape index (κ2) is 10.9. The van der Waals surface area contributed by atoms with Gasteiger partial charge < -0.3 is 50.4 Å². The minimum absolute atomic E-state index is 0.0614. The highest BCUT2D eigenvalue weighted by molar-refractivity contribution is 5.92. The first-order valence-electron chi connectivity index (χ1n) is 9.16. The number of anilines is 1. The third-order valence-corrected chi connectivity index (χ3v) is 4.34. The van der Waals surface area contributed by atoms with Crippen LogP contribution in [0, 0.1) is 0 Å². The molecule has 1 aromatic carbocycles. The van der Waals surface area contributed by atoms with Crippen LogP contribution in [-0.4, -0.2) is 87.9 Å². The summed E-state index contributed by atoms with van der Waals surface area (Å²) in [5.74, 6) is -2.05. The molecule has 7 N–H and O–H groups in total. The van der Waals surface area contributed by atoms with E-state index in [-0.39, 0.29) is 24.5 Å².